The van der Waals surface area contributed by atoms with Gasteiger partial charge in [-0.3, -0.25) is 0 Å². The van der Waals surface area contributed by atoms with Crippen molar-refractivity contribution < 1.29 is 30.0 Å². The monoisotopic (exact) mass is 736 g/mol. The largest absolute Gasteiger partial charge is 0.498 e. The summed E-state index contributed by atoms with van der Waals surface area (Å²) in [6.07, 6.45) is 1.53. The van der Waals surface area contributed by atoms with E-state index in [9.17, 15) is 0 Å². The zero-order chi connectivity index (χ0) is 31.3. The van der Waals surface area contributed by atoms with E-state index in [4.69, 9.17) is 14.9 Å². The number of aromatic nitrogens is 3. The Hall–Kier alpha value is -3.70. The van der Waals surface area contributed by atoms with Crippen LogP contribution < -0.4 is 0 Å². The number of thiazole rings is 1. The number of benzene rings is 3. The van der Waals surface area contributed by atoms with E-state index in [0.717, 1.165) is 37.3 Å². The van der Waals surface area contributed by atoms with Gasteiger partial charge in [-0.2, -0.15) is 0 Å². The molecule has 1 radical (unpaired) electrons. The average Bonchev–Trinajstić information content (AvgIpc) is 3.61. The molecule has 0 unspecified atom stereocenters. The second kappa shape index (κ2) is 11.7. The minimum absolute atomic E-state index is 0. The van der Waals surface area contributed by atoms with Crippen LogP contribution in [0.2, 0.25) is 0 Å². The van der Waals surface area contributed by atoms with E-state index in [1.807, 2.05) is 49.5 Å². The van der Waals surface area contributed by atoms with E-state index in [2.05, 4.69) is 61.9 Å². The molecule has 0 aliphatic carbocycles. The molecule has 0 saturated carbocycles. The topological polar surface area (TPSA) is 51.8 Å². The minimum atomic E-state index is -0.362. The van der Waals surface area contributed by atoms with Crippen molar-refractivity contribution in [2.75, 3.05) is 0 Å². The summed E-state index contributed by atoms with van der Waals surface area (Å²) in [6.45, 7) is 10.5. The van der Waals surface area contributed by atoms with Gasteiger partial charge >= 0.3 is 0 Å². The van der Waals surface area contributed by atoms with Crippen molar-refractivity contribution in [3.05, 3.63) is 113 Å². The van der Waals surface area contributed by atoms with Crippen molar-refractivity contribution in [1.29, 1.82) is 0 Å². The fourth-order valence-corrected chi connectivity index (χ4v) is 5.35. The molecule has 4 aromatic heterocycles. The average molecular weight is 736 g/mol. The van der Waals surface area contributed by atoms with Crippen molar-refractivity contribution in [2.45, 2.75) is 40.0 Å². The van der Waals surface area contributed by atoms with Crippen LogP contribution in [0.15, 0.2) is 89.5 Å². The fraction of sp³-hybridized carbons (Fsp3) is 0.171. The molecule has 4 nitrogen and oxygen atoms in total. The van der Waals surface area contributed by atoms with E-state index in [0.29, 0.717) is 16.7 Å². The Bertz CT molecular complexity index is 2130. The van der Waals surface area contributed by atoms with Crippen molar-refractivity contribution >= 4 is 43.5 Å². The van der Waals surface area contributed by atoms with Crippen LogP contribution in [0.1, 0.15) is 42.4 Å². The van der Waals surface area contributed by atoms with Crippen LogP contribution in [0.4, 0.5) is 0 Å². The van der Waals surface area contributed by atoms with Crippen LogP contribution in [-0.4, -0.2) is 15.0 Å². The van der Waals surface area contributed by atoms with Gasteiger partial charge in [0.05, 0.1) is 20.8 Å². The Morgan fingerprint density at radius 3 is 2.39 bits per heavy atom. The minimum Gasteiger partial charge on any atom is -0.498 e. The molecule has 0 aliphatic heterocycles. The molecule has 0 spiro atoms. The molecule has 6 heteroatoms. The first-order chi connectivity index (χ1) is 20.9. The predicted octanol–water partition coefficient (Wildman–Crippen LogP) is 9.52. The summed E-state index contributed by atoms with van der Waals surface area (Å²) in [5.74, 6) is 0. The molecule has 3 aromatic carbocycles. The zero-order valence-electron chi connectivity index (χ0n) is 27.3. The summed E-state index contributed by atoms with van der Waals surface area (Å²) < 4.78 is 39.1. The number of nitrogens with zero attached hydrogens (tertiary/aromatic N) is 3. The Morgan fingerprint density at radius 1 is 0.854 bits per heavy atom. The molecule has 0 fully saturated rings. The number of fused-ring (bicyclic) bond motifs is 5. The van der Waals surface area contributed by atoms with Crippen LogP contribution >= 0.6 is 11.3 Å². The number of hydrogen-bond donors (Lipinski definition) is 0. The van der Waals surface area contributed by atoms with Crippen molar-refractivity contribution in [1.82, 2.24) is 15.0 Å². The van der Waals surface area contributed by atoms with Crippen LogP contribution in [0.3, 0.4) is 0 Å². The first-order valence-electron chi connectivity index (χ1n) is 15.0. The summed E-state index contributed by atoms with van der Waals surface area (Å²) >= 11 is 1.65. The quantitative estimate of drug-likeness (QED) is 0.166. The zero-order valence-corrected chi connectivity index (χ0v) is 26.5. The molecule has 7 aromatic rings. The van der Waals surface area contributed by atoms with Gasteiger partial charge in [-0.1, -0.05) is 68.9 Å². The molecule has 41 heavy (non-hydrogen) atoms. The van der Waals surface area contributed by atoms with Gasteiger partial charge in [0, 0.05) is 43.3 Å². The van der Waals surface area contributed by atoms with Crippen molar-refractivity contribution in [3.8, 4) is 22.5 Å². The first-order valence-corrected chi connectivity index (χ1v) is 13.8. The molecule has 0 aliphatic rings. The number of aryl methyl sites for hydroxylation is 2. The fourth-order valence-electron chi connectivity index (χ4n) is 4.32. The summed E-state index contributed by atoms with van der Waals surface area (Å²) in [7, 11) is 0. The van der Waals surface area contributed by atoms with Crippen molar-refractivity contribution in [3.63, 3.8) is 0 Å². The van der Waals surface area contributed by atoms with E-state index < -0.39 is 0 Å². The molecular weight excluding hydrogens is 703 g/mol. The second-order valence-electron chi connectivity index (χ2n) is 10.7. The van der Waals surface area contributed by atoms with Crippen LogP contribution in [-0.2, 0) is 25.5 Å². The van der Waals surface area contributed by atoms with Gasteiger partial charge in [0.2, 0.25) is 0 Å². The van der Waals surface area contributed by atoms with Gasteiger partial charge in [-0.05, 0) is 36.0 Å². The number of rotatable bonds is 2. The third-order valence-corrected chi connectivity index (χ3v) is 7.91. The summed E-state index contributed by atoms with van der Waals surface area (Å²) in [6, 6.07) is 23.2. The molecular formula is C35H29IrN3OS-2. The van der Waals surface area contributed by atoms with Gasteiger partial charge in [0.15, 0.2) is 0 Å². The van der Waals surface area contributed by atoms with Gasteiger partial charge in [0.25, 0.3) is 0 Å². The Kier molecular flexibility index (Phi) is 6.81. The third-order valence-electron chi connectivity index (χ3n) is 6.46. The summed E-state index contributed by atoms with van der Waals surface area (Å²) in [5, 5.41) is 2.76. The smallest absolute Gasteiger partial charge is 0.148 e. The molecule has 0 N–H and O–H groups in total. The second-order valence-corrected chi connectivity index (χ2v) is 11.7. The normalized spacial score (nSPS) is 12.7. The summed E-state index contributed by atoms with van der Waals surface area (Å²) in [4.78, 5) is 13.3. The standard InChI is InChI=1S/C22H17N2OS.C13H12N.Ir/c1-22(2,3)21-24-18-17(26-21)11-10-14-13-7-6-8-15(19(13)25-20(14)18)16-9-4-5-12-23-16;1-10-3-6-12(7-4-10)13-8-5-11(2)9-14-13;/h4-7,9-12H,1-3H3;3-6,8-9H,1-2H3;/q2*-1;/i4D,5D,9D,12D;;. The molecule has 7 rings (SSSR count). The van der Waals surface area contributed by atoms with E-state index in [1.165, 1.54) is 11.1 Å². The molecule has 0 bridgehead atoms. The molecule has 0 saturated heterocycles. The van der Waals surface area contributed by atoms with Crippen molar-refractivity contribution in [2.24, 2.45) is 0 Å². The Morgan fingerprint density at radius 2 is 1.66 bits per heavy atom. The van der Waals surface area contributed by atoms with E-state index >= 15 is 0 Å². The Balaban J connectivity index is 0.000000225. The van der Waals surface area contributed by atoms with Gasteiger partial charge in [0.1, 0.15) is 11.1 Å². The molecule has 4 heterocycles. The first kappa shape index (κ1) is 24.0. The van der Waals surface area contributed by atoms with Crippen LogP contribution in [0.25, 0.3) is 54.7 Å². The summed E-state index contributed by atoms with van der Waals surface area (Å²) in [5.41, 5.74) is 6.85. The number of hydrogen-bond acceptors (Lipinski definition) is 5. The SMILES string of the molecule is Cc1c[c-]c(-c2ccc(C)cn2)cc1.[2H]c1nc(-c2[c-]ccc3c2oc2c3ccc3sc(C(C)(C)C)nc32)c([2H])c([2H])c1[2H].[Ir]. The maximum absolute atomic E-state index is 8.26. The van der Waals surface area contributed by atoms with Crippen LogP contribution in [0, 0.1) is 26.0 Å². The van der Waals surface area contributed by atoms with Crippen LogP contribution in [0.5, 0.6) is 0 Å². The maximum atomic E-state index is 8.26. The van der Waals surface area contributed by atoms with Gasteiger partial charge in [-0.15, -0.1) is 64.9 Å². The van der Waals surface area contributed by atoms with Gasteiger partial charge < -0.3 is 14.4 Å². The van der Waals surface area contributed by atoms with E-state index in [-0.39, 0.29) is 55.5 Å². The molecule has 207 valence electrons. The maximum Gasteiger partial charge on any atom is 0.148 e. The molecule has 0 atom stereocenters. The van der Waals surface area contributed by atoms with Gasteiger partial charge in [-0.25, -0.2) is 4.98 Å². The molecule has 0 amide bonds. The number of pyridine rings is 2. The Labute approximate surface area is 263 Å². The third kappa shape index (κ3) is 5.87. The predicted molar refractivity (Wildman–Crippen MR) is 166 cm³/mol. The van der Waals surface area contributed by atoms with E-state index in [1.54, 1.807) is 17.4 Å². The number of furan rings is 1.